The second-order valence-corrected chi connectivity index (χ2v) is 6.82. The fourth-order valence-electron chi connectivity index (χ4n) is 2.95. The lowest BCUT2D eigenvalue weighted by Crippen LogP contribution is -2.41. The van der Waals surface area contributed by atoms with Gasteiger partial charge in [0.15, 0.2) is 0 Å². The van der Waals surface area contributed by atoms with Crippen LogP contribution in [0.25, 0.3) is 0 Å². The first-order valence-corrected chi connectivity index (χ1v) is 8.64. The quantitative estimate of drug-likeness (QED) is 0.872. The third-order valence-electron chi connectivity index (χ3n) is 4.28. The summed E-state index contributed by atoms with van der Waals surface area (Å²) in [4.78, 5) is 12.4. The Morgan fingerprint density at radius 2 is 2.05 bits per heavy atom. The summed E-state index contributed by atoms with van der Waals surface area (Å²) in [5, 5.41) is 5.76. The van der Waals surface area contributed by atoms with Crippen molar-refractivity contribution in [1.82, 2.24) is 5.32 Å². The minimum absolute atomic E-state index is 0.140. The number of hydrogen-bond donors (Lipinski definition) is 2. The Morgan fingerprint density at radius 1 is 1.33 bits per heavy atom. The van der Waals surface area contributed by atoms with E-state index in [1.807, 2.05) is 11.8 Å². The van der Waals surface area contributed by atoms with Crippen LogP contribution in [0.1, 0.15) is 42.5 Å². The molecule has 21 heavy (non-hydrogen) atoms. The van der Waals surface area contributed by atoms with E-state index < -0.39 is 5.82 Å². The van der Waals surface area contributed by atoms with Gasteiger partial charge < -0.3 is 10.6 Å². The monoisotopic (exact) mass is 310 g/mol. The summed E-state index contributed by atoms with van der Waals surface area (Å²) in [6, 6.07) is 4.57. The lowest BCUT2D eigenvalue weighted by molar-refractivity contribution is 0.0947. The Kier molecular flexibility index (Phi) is 5.51. The molecule has 0 bridgehead atoms. The highest BCUT2D eigenvalue weighted by molar-refractivity contribution is 8.00. The molecule has 1 aromatic rings. The molecule has 0 spiro atoms. The van der Waals surface area contributed by atoms with Crippen LogP contribution in [-0.2, 0) is 0 Å². The van der Waals surface area contributed by atoms with Gasteiger partial charge in [0, 0.05) is 18.3 Å². The average Bonchev–Trinajstić information content (AvgIpc) is 2.53. The molecule has 2 N–H and O–H groups in total. The van der Waals surface area contributed by atoms with Gasteiger partial charge in [-0.1, -0.05) is 25.3 Å². The number of carbonyl (C=O) groups is 1. The number of halogens is 1. The van der Waals surface area contributed by atoms with E-state index in [0.29, 0.717) is 12.1 Å². The first-order chi connectivity index (χ1) is 10.1. The average molecular weight is 310 g/mol. The largest absolute Gasteiger partial charge is 0.385 e. The topological polar surface area (TPSA) is 41.1 Å². The molecule has 1 fully saturated rings. The van der Waals surface area contributed by atoms with Crippen LogP contribution >= 0.6 is 11.8 Å². The molecule has 0 aromatic heterocycles. The SMILES string of the molecule is CNc1c(F)cccc1C(=O)NCC1(SC)CCCCC1. The highest BCUT2D eigenvalue weighted by Crippen LogP contribution is 2.38. The van der Waals surface area contributed by atoms with E-state index in [4.69, 9.17) is 0 Å². The van der Waals surface area contributed by atoms with Gasteiger partial charge >= 0.3 is 0 Å². The summed E-state index contributed by atoms with van der Waals surface area (Å²) < 4.78 is 13.8. The maximum atomic E-state index is 13.7. The van der Waals surface area contributed by atoms with Crippen molar-refractivity contribution < 1.29 is 9.18 Å². The zero-order chi connectivity index (χ0) is 15.3. The fourth-order valence-corrected chi connectivity index (χ4v) is 3.87. The van der Waals surface area contributed by atoms with E-state index in [-0.39, 0.29) is 16.3 Å². The Labute approximate surface area is 130 Å². The molecule has 2 rings (SSSR count). The molecule has 0 aliphatic heterocycles. The number of hydrogen-bond acceptors (Lipinski definition) is 3. The number of carbonyl (C=O) groups excluding carboxylic acids is 1. The van der Waals surface area contributed by atoms with Crippen LogP contribution in [-0.4, -0.2) is 30.5 Å². The maximum absolute atomic E-state index is 13.7. The first-order valence-electron chi connectivity index (χ1n) is 7.41. The Balaban J connectivity index is 2.06. The zero-order valence-electron chi connectivity index (χ0n) is 12.7. The Bertz CT molecular complexity index is 501. The van der Waals surface area contributed by atoms with Gasteiger partial charge in [0.2, 0.25) is 0 Å². The van der Waals surface area contributed by atoms with Crippen molar-refractivity contribution in [2.24, 2.45) is 0 Å². The van der Waals surface area contributed by atoms with E-state index >= 15 is 0 Å². The van der Waals surface area contributed by atoms with Crippen molar-refractivity contribution in [3.63, 3.8) is 0 Å². The van der Waals surface area contributed by atoms with E-state index in [1.165, 1.54) is 25.3 Å². The van der Waals surface area contributed by atoms with Crippen molar-refractivity contribution in [1.29, 1.82) is 0 Å². The van der Waals surface area contributed by atoms with Crippen molar-refractivity contribution >= 4 is 23.4 Å². The molecule has 0 saturated heterocycles. The van der Waals surface area contributed by atoms with Gasteiger partial charge in [-0.2, -0.15) is 11.8 Å². The van der Waals surface area contributed by atoms with Crippen molar-refractivity contribution in [3.8, 4) is 0 Å². The van der Waals surface area contributed by atoms with Gasteiger partial charge in [0.05, 0.1) is 11.3 Å². The van der Waals surface area contributed by atoms with Crippen LogP contribution in [0.5, 0.6) is 0 Å². The second-order valence-electron chi connectivity index (χ2n) is 5.54. The zero-order valence-corrected chi connectivity index (χ0v) is 13.5. The molecular weight excluding hydrogens is 287 g/mol. The first kappa shape index (κ1) is 16.1. The standard InChI is InChI=1S/C16H23FN2OS/c1-18-14-12(7-6-8-13(14)17)15(20)19-11-16(21-2)9-4-3-5-10-16/h6-8,18H,3-5,9-11H2,1-2H3,(H,19,20). The van der Waals surface area contributed by atoms with E-state index in [2.05, 4.69) is 16.9 Å². The van der Waals surface area contributed by atoms with Gasteiger partial charge in [-0.3, -0.25) is 4.79 Å². The maximum Gasteiger partial charge on any atom is 0.253 e. The predicted octanol–water partition coefficient (Wildman–Crippen LogP) is 3.66. The van der Waals surface area contributed by atoms with Crippen LogP contribution in [0.2, 0.25) is 0 Å². The number of benzene rings is 1. The number of nitrogens with one attached hydrogen (secondary N) is 2. The number of para-hydroxylation sites is 1. The van der Waals surface area contributed by atoms with Gasteiger partial charge in [-0.15, -0.1) is 0 Å². The van der Waals surface area contributed by atoms with Gasteiger partial charge in [0.1, 0.15) is 5.82 Å². The molecule has 5 heteroatoms. The number of thioether (sulfide) groups is 1. The minimum Gasteiger partial charge on any atom is -0.385 e. The molecule has 3 nitrogen and oxygen atoms in total. The highest BCUT2D eigenvalue weighted by atomic mass is 32.2. The number of amides is 1. The number of anilines is 1. The van der Waals surface area contributed by atoms with E-state index in [9.17, 15) is 9.18 Å². The molecule has 1 aliphatic rings. The van der Waals surface area contributed by atoms with E-state index in [0.717, 1.165) is 12.8 Å². The van der Waals surface area contributed by atoms with Crippen LogP contribution in [0.15, 0.2) is 18.2 Å². The molecule has 0 radical (unpaired) electrons. The summed E-state index contributed by atoms with van der Waals surface area (Å²) in [5.74, 6) is -0.611. The van der Waals surface area contributed by atoms with Crippen molar-refractivity contribution in [2.45, 2.75) is 36.9 Å². The fraction of sp³-hybridized carbons (Fsp3) is 0.562. The molecular formula is C16H23FN2OS. The molecule has 1 saturated carbocycles. The lowest BCUT2D eigenvalue weighted by Gasteiger charge is -2.35. The summed E-state index contributed by atoms with van der Waals surface area (Å²) in [7, 11) is 1.62. The molecule has 116 valence electrons. The molecule has 0 atom stereocenters. The second kappa shape index (κ2) is 7.16. The van der Waals surface area contributed by atoms with Gasteiger partial charge in [0.25, 0.3) is 5.91 Å². The predicted molar refractivity (Wildman–Crippen MR) is 87.6 cm³/mol. The van der Waals surface area contributed by atoms with Crippen molar-refractivity contribution in [3.05, 3.63) is 29.6 Å². The molecule has 1 amide bonds. The summed E-state index contributed by atoms with van der Waals surface area (Å²) in [5.41, 5.74) is 0.626. The third kappa shape index (κ3) is 3.70. The normalized spacial score (nSPS) is 17.3. The van der Waals surface area contributed by atoms with Crippen molar-refractivity contribution in [2.75, 3.05) is 25.2 Å². The minimum atomic E-state index is -0.401. The van der Waals surface area contributed by atoms with Crippen LogP contribution in [0, 0.1) is 5.82 Å². The highest BCUT2D eigenvalue weighted by Gasteiger charge is 2.31. The third-order valence-corrected chi connectivity index (χ3v) is 5.70. The van der Waals surface area contributed by atoms with E-state index in [1.54, 1.807) is 19.2 Å². The molecule has 1 aromatic carbocycles. The lowest BCUT2D eigenvalue weighted by atomic mass is 9.88. The Morgan fingerprint density at radius 3 is 2.67 bits per heavy atom. The van der Waals surface area contributed by atoms with Crippen LogP contribution in [0.4, 0.5) is 10.1 Å². The number of rotatable bonds is 5. The van der Waals surface area contributed by atoms with Crippen LogP contribution < -0.4 is 10.6 Å². The molecule has 1 aliphatic carbocycles. The smallest absolute Gasteiger partial charge is 0.253 e. The van der Waals surface area contributed by atoms with Crippen LogP contribution in [0.3, 0.4) is 0 Å². The van der Waals surface area contributed by atoms with Gasteiger partial charge in [-0.05, 0) is 31.2 Å². The molecule has 0 heterocycles. The summed E-state index contributed by atoms with van der Waals surface area (Å²) in [6.07, 6.45) is 8.10. The van der Waals surface area contributed by atoms with Gasteiger partial charge in [-0.25, -0.2) is 4.39 Å². The summed E-state index contributed by atoms with van der Waals surface area (Å²) in [6.45, 7) is 0.646. The molecule has 0 unspecified atom stereocenters. The Hall–Kier alpha value is -1.23. The summed E-state index contributed by atoms with van der Waals surface area (Å²) >= 11 is 1.84.